The summed E-state index contributed by atoms with van der Waals surface area (Å²) < 4.78 is 45.8. The molecule has 2 aromatic rings. The molecule has 0 N–H and O–H groups in total. The van der Waals surface area contributed by atoms with E-state index in [1.807, 2.05) is 30.3 Å². The van der Waals surface area contributed by atoms with Gasteiger partial charge in [-0.25, -0.2) is 0 Å². The number of aldehydes is 1. The number of benzene rings is 2. The van der Waals surface area contributed by atoms with Crippen molar-refractivity contribution in [3.8, 4) is 5.75 Å². The van der Waals surface area contributed by atoms with E-state index in [1.165, 1.54) is 19.9 Å². The van der Waals surface area contributed by atoms with Crippen molar-refractivity contribution in [2.24, 2.45) is 0 Å². The third-order valence-corrected chi connectivity index (χ3v) is 3.85. The van der Waals surface area contributed by atoms with Gasteiger partial charge >= 0.3 is 6.18 Å². The summed E-state index contributed by atoms with van der Waals surface area (Å²) in [6, 6.07) is 11.6. The van der Waals surface area contributed by atoms with Crippen molar-refractivity contribution in [3.63, 3.8) is 0 Å². The predicted octanol–water partition coefficient (Wildman–Crippen LogP) is 5.07. The van der Waals surface area contributed by atoms with Gasteiger partial charge in [0.05, 0.1) is 5.56 Å². The number of hydrogen-bond donors (Lipinski definition) is 0. The first-order valence-electron chi connectivity index (χ1n) is 7.50. The zero-order valence-corrected chi connectivity index (χ0v) is 13.8. The van der Waals surface area contributed by atoms with Crippen molar-refractivity contribution in [2.75, 3.05) is 0 Å². The average molecular weight is 336 g/mol. The Morgan fingerprint density at radius 1 is 1.04 bits per heavy atom. The molecular weight excluding hydrogens is 317 g/mol. The largest absolute Gasteiger partial charge is 0.489 e. The maximum absolute atomic E-state index is 13.4. The van der Waals surface area contributed by atoms with Gasteiger partial charge in [0.2, 0.25) is 0 Å². The lowest BCUT2D eigenvalue weighted by molar-refractivity contribution is -0.139. The van der Waals surface area contributed by atoms with Gasteiger partial charge in [-0.15, -0.1) is 0 Å². The number of hydrogen-bond acceptors (Lipinski definition) is 2. The standard InChI is InChI=1S/C19H19F3O2/c1-13-9-15(18(2,3)12-23)16(19(20,21)22)10-17(13)24-11-14-7-5-4-6-8-14/h4-10,12H,11H2,1-3H3. The van der Waals surface area contributed by atoms with Gasteiger partial charge < -0.3 is 9.53 Å². The van der Waals surface area contributed by atoms with Crippen LogP contribution in [0.4, 0.5) is 13.2 Å². The van der Waals surface area contributed by atoms with Gasteiger partial charge in [0.25, 0.3) is 0 Å². The highest BCUT2D eigenvalue weighted by molar-refractivity contribution is 5.69. The van der Waals surface area contributed by atoms with Crippen LogP contribution in [0.25, 0.3) is 0 Å². The maximum Gasteiger partial charge on any atom is 0.416 e. The number of halogens is 3. The first-order valence-corrected chi connectivity index (χ1v) is 7.50. The van der Waals surface area contributed by atoms with Crippen LogP contribution in [0.5, 0.6) is 5.75 Å². The molecule has 0 aliphatic carbocycles. The summed E-state index contributed by atoms with van der Waals surface area (Å²) in [5.74, 6) is 0.164. The van der Waals surface area contributed by atoms with Crippen LogP contribution in [0, 0.1) is 6.92 Å². The normalized spacial score (nSPS) is 12.1. The molecule has 0 aromatic heterocycles. The highest BCUT2D eigenvalue weighted by Gasteiger charge is 2.38. The Hall–Kier alpha value is -2.30. The van der Waals surface area contributed by atoms with E-state index in [9.17, 15) is 18.0 Å². The molecule has 0 amide bonds. The van der Waals surface area contributed by atoms with E-state index in [1.54, 1.807) is 6.92 Å². The Morgan fingerprint density at radius 3 is 2.21 bits per heavy atom. The second-order valence-electron chi connectivity index (χ2n) is 6.27. The number of alkyl halides is 3. The fourth-order valence-electron chi connectivity index (χ4n) is 2.41. The molecule has 0 aliphatic heterocycles. The molecule has 0 radical (unpaired) electrons. The monoisotopic (exact) mass is 336 g/mol. The molecule has 0 saturated heterocycles. The topological polar surface area (TPSA) is 26.3 Å². The minimum absolute atomic E-state index is 0.0467. The summed E-state index contributed by atoms with van der Waals surface area (Å²) in [5, 5.41) is 0. The lowest BCUT2D eigenvalue weighted by Crippen LogP contribution is -2.24. The number of ether oxygens (including phenoxy) is 1. The van der Waals surface area contributed by atoms with Crippen LogP contribution in [-0.2, 0) is 23.0 Å². The van der Waals surface area contributed by atoms with Crippen LogP contribution >= 0.6 is 0 Å². The maximum atomic E-state index is 13.4. The fourth-order valence-corrected chi connectivity index (χ4v) is 2.41. The first-order chi connectivity index (χ1) is 11.1. The van der Waals surface area contributed by atoms with E-state index in [-0.39, 0.29) is 17.9 Å². The lowest BCUT2D eigenvalue weighted by atomic mass is 9.82. The van der Waals surface area contributed by atoms with E-state index in [0.717, 1.165) is 11.6 Å². The highest BCUT2D eigenvalue weighted by Crippen LogP contribution is 2.40. The molecule has 128 valence electrons. The molecule has 0 atom stereocenters. The minimum Gasteiger partial charge on any atom is -0.489 e. The van der Waals surface area contributed by atoms with Gasteiger partial charge in [-0.3, -0.25) is 0 Å². The Kier molecular flexibility index (Phi) is 5.02. The van der Waals surface area contributed by atoms with E-state index in [4.69, 9.17) is 4.74 Å². The average Bonchev–Trinajstić information content (AvgIpc) is 2.53. The van der Waals surface area contributed by atoms with Gasteiger partial charge in [-0.1, -0.05) is 36.4 Å². The SMILES string of the molecule is Cc1cc(C(C)(C)C=O)c(C(F)(F)F)cc1OCc1ccccc1. The summed E-state index contributed by atoms with van der Waals surface area (Å²) in [4.78, 5) is 11.2. The van der Waals surface area contributed by atoms with Gasteiger partial charge in [-0.05, 0) is 43.5 Å². The molecule has 0 spiro atoms. The summed E-state index contributed by atoms with van der Waals surface area (Å²) in [6.07, 6.45) is -4.03. The van der Waals surface area contributed by atoms with Crippen LogP contribution in [0.15, 0.2) is 42.5 Å². The number of rotatable bonds is 5. The molecule has 0 saturated carbocycles. The van der Waals surface area contributed by atoms with Gasteiger partial charge in [0.1, 0.15) is 18.6 Å². The van der Waals surface area contributed by atoms with E-state index < -0.39 is 17.2 Å². The lowest BCUT2D eigenvalue weighted by Gasteiger charge is -2.24. The van der Waals surface area contributed by atoms with Crippen LogP contribution in [0.1, 0.15) is 36.1 Å². The van der Waals surface area contributed by atoms with Gasteiger partial charge in [0.15, 0.2) is 0 Å². The molecule has 24 heavy (non-hydrogen) atoms. The second-order valence-corrected chi connectivity index (χ2v) is 6.27. The fraction of sp³-hybridized carbons (Fsp3) is 0.316. The van der Waals surface area contributed by atoms with Crippen molar-refractivity contribution in [3.05, 3.63) is 64.7 Å². The number of carbonyl (C=O) groups is 1. The molecule has 2 aromatic carbocycles. The molecule has 5 heteroatoms. The molecule has 0 heterocycles. The summed E-state index contributed by atoms with van der Waals surface area (Å²) >= 11 is 0. The molecule has 0 unspecified atom stereocenters. The third kappa shape index (κ3) is 3.96. The van der Waals surface area contributed by atoms with Crippen molar-refractivity contribution in [1.82, 2.24) is 0 Å². The Morgan fingerprint density at radius 2 is 1.67 bits per heavy atom. The number of aryl methyl sites for hydroxylation is 1. The predicted molar refractivity (Wildman–Crippen MR) is 86.0 cm³/mol. The molecule has 0 fully saturated rings. The molecule has 0 bridgehead atoms. The van der Waals surface area contributed by atoms with Crippen molar-refractivity contribution < 1.29 is 22.7 Å². The van der Waals surface area contributed by atoms with Crippen LogP contribution in [0.2, 0.25) is 0 Å². The zero-order valence-electron chi connectivity index (χ0n) is 13.8. The summed E-state index contributed by atoms with van der Waals surface area (Å²) in [6.45, 7) is 4.78. The van der Waals surface area contributed by atoms with Crippen molar-refractivity contribution in [2.45, 2.75) is 39.0 Å². The molecular formula is C19H19F3O2. The van der Waals surface area contributed by atoms with Crippen LogP contribution < -0.4 is 4.74 Å². The Bertz CT molecular complexity index is 719. The molecule has 0 aliphatic rings. The van der Waals surface area contributed by atoms with Crippen LogP contribution in [-0.4, -0.2) is 6.29 Å². The molecule has 2 rings (SSSR count). The smallest absolute Gasteiger partial charge is 0.416 e. The van der Waals surface area contributed by atoms with Crippen molar-refractivity contribution >= 4 is 6.29 Å². The summed E-state index contributed by atoms with van der Waals surface area (Å²) in [7, 11) is 0. The highest BCUT2D eigenvalue weighted by atomic mass is 19.4. The molecule has 2 nitrogen and oxygen atoms in total. The van der Waals surface area contributed by atoms with E-state index in [0.29, 0.717) is 11.8 Å². The zero-order chi connectivity index (χ0) is 18.0. The third-order valence-electron chi connectivity index (χ3n) is 3.85. The first kappa shape index (κ1) is 18.0. The second kappa shape index (κ2) is 6.67. The van der Waals surface area contributed by atoms with Crippen molar-refractivity contribution in [1.29, 1.82) is 0 Å². The van der Waals surface area contributed by atoms with Gasteiger partial charge in [-0.2, -0.15) is 13.2 Å². The number of carbonyl (C=O) groups excluding carboxylic acids is 1. The van der Waals surface area contributed by atoms with E-state index in [2.05, 4.69) is 0 Å². The quantitative estimate of drug-likeness (QED) is 0.713. The summed E-state index contributed by atoms with van der Waals surface area (Å²) in [5.41, 5.74) is -0.692. The Labute approximate surface area is 139 Å². The van der Waals surface area contributed by atoms with Crippen LogP contribution in [0.3, 0.4) is 0 Å². The van der Waals surface area contributed by atoms with E-state index >= 15 is 0 Å². The Balaban J connectivity index is 2.42. The van der Waals surface area contributed by atoms with Gasteiger partial charge in [0, 0.05) is 5.41 Å². The minimum atomic E-state index is -4.56.